The van der Waals surface area contributed by atoms with E-state index in [9.17, 15) is 9.59 Å². The van der Waals surface area contributed by atoms with E-state index in [0.717, 1.165) is 18.9 Å². The SMILES string of the molecule is CCCCCCCCCCCCC(=O)/C=C/C=C/C(=O)O. The summed E-state index contributed by atoms with van der Waals surface area (Å²) in [6, 6.07) is 0. The Hall–Kier alpha value is -1.38. The second-order valence-electron chi connectivity index (χ2n) is 5.45. The zero-order valence-electron chi connectivity index (χ0n) is 13.4. The molecule has 0 heterocycles. The van der Waals surface area contributed by atoms with Crippen LogP contribution in [0.4, 0.5) is 0 Å². The first-order valence-electron chi connectivity index (χ1n) is 8.27. The molecule has 0 aliphatic heterocycles. The van der Waals surface area contributed by atoms with E-state index in [1.54, 1.807) is 0 Å². The molecule has 0 aliphatic carbocycles. The normalized spacial score (nSPS) is 11.5. The van der Waals surface area contributed by atoms with Crippen LogP contribution in [0.2, 0.25) is 0 Å². The predicted molar refractivity (Wildman–Crippen MR) is 87.4 cm³/mol. The van der Waals surface area contributed by atoms with E-state index in [1.807, 2.05) is 0 Å². The third-order valence-electron chi connectivity index (χ3n) is 3.41. The van der Waals surface area contributed by atoms with E-state index in [1.165, 1.54) is 69.6 Å². The van der Waals surface area contributed by atoms with Gasteiger partial charge in [0, 0.05) is 12.5 Å². The Morgan fingerprint density at radius 2 is 1.24 bits per heavy atom. The van der Waals surface area contributed by atoms with Gasteiger partial charge in [-0.1, -0.05) is 76.9 Å². The lowest BCUT2D eigenvalue weighted by Gasteiger charge is -2.01. The molecule has 0 bridgehead atoms. The molecule has 0 aliphatic rings. The summed E-state index contributed by atoms with van der Waals surface area (Å²) in [4.78, 5) is 21.7. The minimum atomic E-state index is -0.998. The Morgan fingerprint density at radius 1 is 0.762 bits per heavy atom. The summed E-state index contributed by atoms with van der Waals surface area (Å²) >= 11 is 0. The van der Waals surface area contributed by atoms with Crippen LogP contribution < -0.4 is 0 Å². The molecule has 0 saturated heterocycles. The molecule has 0 fully saturated rings. The topological polar surface area (TPSA) is 54.4 Å². The Bertz CT molecular complexity index is 329. The quantitative estimate of drug-likeness (QED) is 0.277. The molecule has 0 aromatic rings. The molecule has 0 rings (SSSR count). The molecule has 3 nitrogen and oxygen atoms in total. The average molecular weight is 294 g/mol. The van der Waals surface area contributed by atoms with Crippen molar-refractivity contribution in [1.29, 1.82) is 0 Å². The fourth-order valence-electron chi connectivity index (χ4n) is 2.17. The summed E-state index contributed by atoms with van der Waals surface area (Å²) in [7, 11) is 0. The van der Waals surface area contributed by atoms with Gasteiger partial charge >= 0.3 is 5.97 Å². The maximum Gasteiger partial charge on any atom is 0.328 e. The van der Waals surface area contributed by atoms with Crippen LogP contribution in [0.25, 0.3) is 0 Å². The van der Waals surface area contributed by atoms with Crippen molar-refractivity contribution < 1.29 is 14.7 Å². The van der Waals surface area contributed by atoms with Gasteiger partial charge in [0.2, 0.25) is 0 Å². The van der Waals surface area contributed by atoms with E-state index in [4.69, 9.17) is 5.11 Å². The minimum Gasteiger partial charge on any atom is -0.478 e. The van der Waals surface area contributed by atoms with Crippen LogP contribution in [0.15, 0.2) is 24.3 Å². The molecule has 0 saturated carbocycles. The van der Waals surface area contributed by atoms with Crippen LogP contribution in [-0.4, -0.2) is 16.9 Å². The summed E-state index contributed by atoms with van der Waals surface area (Å²) in [5, 5.41) is 8.38. The zero-order valence-corrected chi connectivity index (χ0v) is 13.4. The highest BCUT2D eigenvalue weighted by atomic mass is 16.4. The van der Waals surface area contributed by atoms with Crippen LogP contribution >= 0.6 is 0 Å². The van der Waals surface area contributed by atoms with Gasteiger partial charge in [0.1, 0.15) is 0 Å². The molecule has 0 radical (unpaired) electrons. The van der Waals surface area contributed by atoms with Gasteiger partial charge in [0.05, 0.1) is 0 Å². The third-order valence-corrected chi connectivity index (χ3v) is 3.41. The maximum atomic E-state index is 11.5. The number of unbranched alkanes of at least 4 members (excludes halogenated alkanes) is 9. The van der Waals surface area contributed by atoms with Gasteiger partial charge in [-0.25, -0.2) is 4.79 Å². The second kappa shape index (κ2) is 15.0. The standard InChI is InChI=1S/C18H30O3/c1-2-3-4-5-6-7-8-9-10-11-14-17(19)15-12-13-16-18(20)21/h12-13,15-16H,2-11,14H2,1H3,(H,20,21)/b15-12+,16-13+. The third kappa shape index (κ3) is 16.6. The number of hydrogen-bond donors (Lipinski definition) is 1. The Morgan fingerprint density at radius 3 is 1.76 bits per heavy atom. The van der Waals surface area contributed by atoms with Crippen molar-refractivity contribution in [3.8, 4) is 0 Å². The highest BCUT2D eigenvalue weighted by molar-refractivity contribution is 5.90. The molecule has 0 aromatic heterocycles. The molecular formula is C18H30O3. The summed E-state index contributed by atoms with van der Waals surface area (Å²) in [5.41, 5.74) is 0. The zero-order chi connectivity index (χ0) is 15.8. The molecule has 0 spiro atoms. The maximum absolute atomic E-state index is 11.5. The highest BCUT2D eigenvalue weighted by Crippen LogP contribution is 2.11. The molecule has 120 valence electrons. The number of allylic oxidation sites excluding steroid dienone is 3. The number of aliphatic carboxylic acids is 1. The minimum absolute atomic E-state index is 0.0737. The van der Waals surface area contributed by atoms with Gasteiger partial charge in [-0.15, -0.1) is 0 Å². The number of ketones is 1. The highest BCUT2D eigenvalue weighted by Gasteiger charge is 1.97. The summed E-state index contributed by atoms with van der Waals surface area (Å²) in [5.74, 6) is -0.925. The van der Waals surface area contributed by atoms with Crippen molar-refractivity contribution in [3.05, 3.63) is 24.3 Å². The molecule has 3 heteroatoms. The van der Waals surface area contributed by atoms with Crippen LogP contribution in [0, 0.1) is 0 Å². The largest absolute Gasteiger partial charge is 0.478 e. The summed E-state index contributed by atoms with van der Waals surface area (Å²) in [6.45, 7) is 2.24. The van der Waals surface area contributed by atoms with E-state index in [-0.39, 0.29) is 5.78 Å². The van der Waals surface area contributed by atoms with Crippen molar-refractivity contribution in [2.45, 2.75) is 77.6 Å². The van der Waals surface area contributed by atoms with Crippen LogP contribution in [0.3, 0.4) is 0 Å². The van der Waals surface area contributed by atoms with E-state index >= 15 is 0 Å². The van der Waals surface area contributed by atoms with Gasteiger partial charge in [-0.2, -0.15) is 0 Å². The van der Waals surface area contributed by atoms with Crippen molar-refractivity contribution in [2.75, 3.05) is 0 Å². The smallest absolute Gasteiger partial charge is 0.328 e. The van der Waals surface area contributed by atoms with Crippen LogP contribution in [0.1, 0.15) is 77.6 Å². The summed E-state index contributed by atoms with van der Waals surface area (Å²) in [6.07, 6.45) is 18.5. The van der Waals surface area contributed by atoms with Crippen molar-refractivity contribution in [3.63, 3.8) is 0 Å². The Labute approximate surface area is 129 Å². The monoisotopic (exact) mass is 294 g/mol. The molecule has 0 unspecified atom stereocenters. The van der Waals surface area contributed by atoms with E-state index in [0.29, 0.717) is 6.42 Å². The van der Waals surface area contributed by atoms with Gasteiger partial charge in [0.15, 0.2) is 5.78 Å². The number of carboxylic acids is 1. The van der Waals surface area contributed by atoms with Gasteiger partial charge < -0.3 is 5.11 Å². The molecule has 0 amide bonds. The van der Waals surface area contributed by atoms with Crippen molar-refractivity contribution in [1.82, 2.24) is 0 Å². The lowest BCUT2D eigenvalue weighted by Crippen LogP contribution is -1.92. The molecule has 0 atom stereocenters. The van der Waals surface area contributed by atoms with Gasteiger partial charge in [0.25, 0.3) is 0 Å². The van der Waals surface area contributed by atoms with Crippen molar-refractivity contribution in [2.24, 2.45) is 0 Å². The van der Waals surface area contributed by atoms with Crippen LogP contribution in [-0.2, 0) is 9.59 Å². The fourth-order valence-corrected chi connectivity index (χ4v) is 2.17. The fraction of sp³-hybridized carbons (Fsp3) is 0.667. The first kappa shape index (κ1) is 19.6. The van der Waals surface area contributed by atoms with Crippen LogP contribution in [0.5, 0.6) is 0 Å². The molecular weight excluding hydrogens is 264 g/mol. The molecule has 0 aromatic carbocycles. The Kier molecular flexibility index (Phi) is 14.0. The van der Waals surface area contributed by atoms with E-state index < -0.39 is 5.97 Å². The van der Waals surface area contributed by atoms with Gasteiger partial charge in [-0.3, -0.25) is 4.79 Å². The summed E-state index contributed by atoms with van der Waals surface area (Å²) < 4.78 is 0. The first-order chi connectivity index (χ1) is 10.2. The average Bonchev–Trinajstić information content (AvgIpc) is 2.45. The Balaban J connectivity index is 3.34. The van der Waals surface area contributed by atoms with Crippen molar-refractivity contribution >= 4 is 11.8 Å². The first-order valence-corrected chi connectivity index (χ1v) is 8.27. The number of carboxylic acid groups (broad SMARTS) is 1. The van der Waals surface area contributed by atoms with E-state index in [2.05, 4.69) is 6.92 Å². The number of carbonyl (C=O) groups is 2. The number of carbonyl (C=O) groups excluding carboxylic acids is 1. The second-order valence-corrected chi connectivity index (χ2v) is 5.45. The lowest BCUT2D eigenvalue weighted by molar-refractivity contribution is -0.131. The number of hydrogen-bond acceptors (Lipinski definition) is 2. The molecule has 21 heavy (non-hydrogen) atoms. The molecule has 1 N–H and O–H groups in total. The predicted octanol–water partition coefficient (Wildman–Crippen LogP) is 5.06. The lowest BCUT2D eigenvalue weighted by atomic mass is 10.0. The number of rotatable bonds is 14. The van der Waals surface area contributed by atoms with Gasteiger partial charge in [-0.05, 0) is 12.5 Å².